The number of ether oxygens (including phenoxy) is 1. The van der Waals surface area contributed by atoms with Crippen LogP contribution in [0, 0.1) is 0 Å². The standard InChI is InChI=1S/C16H24N2O/c1-2-14-10-17-16(13-6-4-3-5-7-13)11-18(14)15-8-9-19-12-15/h3-7,14-17H,2,8-12H2,1H3. The van der Waals surface area contributed by atoms with Gasteiger partial charge in [-0.15, -0.1) is 0 Å². The van der Waals surface area contributed by atoms with Crippen molar-refractivity contribution in [1.82, 2.24) is 10.2 Å². The fourth-order valence-corrected chi connectivity index (χ4v) is 3.34. The van der Waals surface area contributed by atoms with Gasteiger partial charge >= 0.3 is 0 Å². The van der Waals surface area contributed by atoms with Crippen molar-refractivity contribution in [3.63, 3.8) is 0 Å². The molecule has 3 nitrogen and oxygen atoms in total. The van der Waals surface area contributed by atoms with Crippen molar-refractivity contribution in [2.24, 2.45) is 0 Å². The van der Waals surface area contributed by atoms with Crippen molar-refractivity contribution in [3.05, 3.63) is 35.9 Å². The van der Waals surface area contributed by atoms with Gasteiger partial charge in [-0.2, -0.15) is 0 Å². The molecule has 0 aliphatic carbocycles. The summed E-state index contributed by atoms with van der Waals surface area (Å²) in [6.07, 6.45) is 2.41. The van der Waals surface area contributed by atoms with E-state index in [2.05, 4.69) is 47.5 Å². The summed E-state index contributed by atoms with van der Waals surface area (Å²) >= 11 is 0. The minimum atomic E-state index is 0.463. The van der Waals surface area contributed by atoms with E-state index in [1.807, 2.05) is 0 Å². The van der Waals surface area contributed by atoms with E-state index >= 15 is 0 Å². The number of hydrogen-bond donors (Lipinski definition) is 1. The molecule has 1 aromatic rings. The Morgan fingerprint density at radius 3 is 2.84 bits per heavy atom. The van der Waals surface area contributed by atoms with Crippen LogP contribution in [-0.2, 0) is 4.74 Å². The van der Waals surface area contributed by atoms with Gasteiger partial charge < -0.3 is 10.1 Å². The molecule has 1 aromatic carbocycles. The second-order valence-corrected chi connectivity index (χ2v) is 5.65. The van der Waals surface area contributed by atoms with E-state index in [0.29, 0.717) is 18.1 Å². The SMILES string of the molecule is CCC1CNC(c2ccccc2)CN1C1CCOC1. The quantitative estimate of drug-likeness (QED) is 0.901. The first-order valence-corrected chi connectivity index (χ1v) is 7.50. The molecule has 3 rings (SSSR count). The summed E-state index contributed by atoms with van der Waals surface area (Å²) in [6.45, 7) is 6.33. The van der Waals surface area contributed by atoms with Crippen LogP contribution >= 0.6 is 0 Å². The van der Waals surface area contributed by atoms with Gasteiger partial charge in [-0.05, 0) is 18.4 Å². The van der Waals surface area contributed by atoms with E-state index in [1.54, 1.807) is 0 Å². The topological polar surface area (TPSA) is 24.5 Å². The number of nitrogens with one attached hydrogen (secondary N) is 1. The molecule has 0 spiro atoms. The van der Waals surface area contributed by atoms with Crippen molar-refractivity contribution in [2.45, 2.75) is 37.9 Å². The molecule has 19 heavy (non-hydrogen) atoms. The Kier molecular flexibility index (Phi) is 4.16. The van der Waals surface area contributed by atoms with E-state index in [-0.39, 0.29) is 0 Å². The Hall–Kier alpha value is -0.900. The van der Waals surface area contributed by atoms with E-state index in [9.17, 15) is 0 Å². The highest BCUT2D eigenvalue weighted by molar-refractivity contribution is 5.20. The Morgan fingerprint density at radius 2 is 2.16 bits per heavy atom. The first kappa shape index (κ1) is 13.1. The van der Waals surface area contributed by atoms with Crippen LogP contribution in [0.3, 0.4) is 0 Å². The molecule has 1 N–H and O–H groups in total. The highest BCUT2D eigenvalue weighted by Crippen LogP contribution is 2.25. The summed E-state index contributed by atoms with van der Waals surface area (Å²) in [5, 5.41) is 3.71. The third-order valence-corrected chi connectivity index (χ3v) is 4.51. The molecular weight excluding hydrogens is 236 g/mol. The average molecular weight is 260 g/mol. The predicted octanol–water partition coefficient (Wildman–Crippen LogP) is 2.20. The molecule has 0 aromatic heterocycles. The summed E-state index contributed by atoms with van der Waals surface area (Å²) in [4.78, 5) is 2.68. The molecule has 0 radical (unpaired) electrons. The van der Waals surface area contributed by atoms with Crippen molar-refractivity contribution < 1.29 is 4.74 Å². The molecule has 3 heteroatoms. The summed E-state index contributed by atoms with van der Waals surface area (Å²) in [6, 6.07) is 12.6. The lowest BCUT2D eigenvalue weighted by Gasteiger charge is -2.43. The van der Waals surface area contributed by atoms with Crippen LogP contribution in [0.15, 0.2) is 30.3 Å². The third kappa shape index (κ3) is 2.83. The van der Waals surface area contributed by atoms with Crippen LogP contribution in [0.2, 0.25) is 0 Å². The molecule has 3 unspecified atom stereocenters. The van der Waals surface area contributed by atoms with E-state index in [4.69, 9.17) is 4.74 Å². The van der Waals surface area contributed by atoms with Crippen LogP contribution in [0.4, 0.5) is 0 Å². The first-order chi connectivity index (χ1) is 9.38. The number of benzene rings is 1. The van der Waals surface area contributed by atoms with Gasteiger partial charge in [0.15, 0.2) is 0 Å². The van der Waals surface area contributed by atoms with Gasteiger partial charge in [0, 0.05) is 37.8 Å². The average Bonchev–Trinajstić information content (AvgIpc) is 3.01. The Bertz CT molecular complexity index is 387. The van der Waals surface area contributed by atoms with Crippen molar-refractivity contribution >= 4 is 0 Å². The fourth-order valence-electron chi connectivity index (χ4n) is 3.34. The Balaban J connectivity index is 1.73. The van der Waals surface area contributed by atoms with Crippen LogP contribution in [-0.4, -0.2) is 43.3 Å². The number of nitrogens with zero attached hydrogens (tertiary/aromatic N) is 1. The van der Waals surface area contributed by atoms with Gasteiger partial charge in [0.05, 0.1) is 6.61 Å². The van der Waals surface area contributed by atoms with Crippen LogP contribution in [0.5, 0.6) is 0 Å². The molecule has 0 bridgehead atoms. The van der Waals surface area contributed by atoms with Crippen LogP contribution < -0.4 is 5.32 Å². The monoisotopic (exact) mass is 260 g/mol. The van der Waals surface area contributed by atoms with Crippen molar-refractivity contribution in [2.75, 3.05) is 26.3 Å². The van der Waals surface area contributed by atoms with Gasteiger partial charge in [-0.1, -0.05) is 37.3 Å². The zero-order valence-corrected chi connectivity index (χ0v) is 11.7. The van der Waals surface area contributed by atoms with Gasteiger partial charge in [-0.25, -0.2) is 0 Å². The number of rotatable bonds is 3. The lowest BCUT2D eigenvalue weighted by molar-refractivity contribution is 0.0678. The molecule has 2 fully saturated rings. The van der Waals surface area contributed by atoms with Crippen LogP contribution in [0.1, 0.15) is 31.4 Å². The Morgan fingerprint density at radius 1 is 1.32 bits per heavy atom. The normalized spacial score (nSPS) is 32.6. The minimum Gasteiger partial charge on any atom is -0.380 e. The van der Waals surface area contributed by atoms with Gasteiger partial charge in [0.25, 0.3) is 0 Å². The highest BCUT2D eigenvalue weighted by Gasteiger charge is 2.34. The van der Waals surface area contributed by atoms with E-state index in [1.165, 1.54) is 18.4 Å². The molecule has 2 heterocycles. The number of piperazine rings is 1. The van der Waals surface area contributed by atoms with Crippen molar-refractivity contribution in [1.29, 1.82) is 0 Å². The summed E-state index contributed by atoms with van der Waals surface area (Å²) in [5.74, 6) is 0. The summed E-state index contributed by atoms with van der Waals surface area (Å²) in [5.41, 5.74) is 1.40. The molecule has 0 amide bonds. The maximum absolute atomic E-state index is 5.58. The largest absolute Gasteiger partial charge is 0.380 e. The van der Waals surface area contributed by atoms with Gasteiger partial charge in [0.2, 0.25) is 0 Å². The lowest BCUT2D eigenvalue weighted by atomic mass is 9.98. The van der Waals surface area contributed by atoms with Gasteiger partial charge in [-0.3, -0.25) is 4.90 Å². The van der Waals surface area contributed by atoms with Gasteiger partial charge in [0.1, 0.15) is 0 Å². The molecule has 2 aliphatic rings. The summed E-state index contributed by atoms with van der Waals surface area (Å²) in [7, 11) is 0. The second-order valence-electron chi connectivity index (χ2n) is 5.65. The third-order valence-electron chi connectivity index (χ3n) is 4.51. The molecule has 0 saturated carbocycles. The number of hydrogen-bond acceptors (Lipinski definition) is 3. The minimum absolute atomic E-state index is 0.463. The summed E-state index contributed by atoms with van der Waals surface area (Å²) < 4.78 is 5.58. The first-order valence-electron chi connectivity index (χ1n) is 7.50. The fraction of sp³-hybridized carbons (Fsp3) is 0.625. The predicted molar refractivity (Wildman–Crippen MR) is 77.2 cm³/mol. The van der Waals surface area contributed by atoms with Crippen molar-refractivity contribution in [3.8, 4) is 0 Å². The molecule has 2 saturated heterocycles. The second kappa shape index (κ2) is 6.04. The molecule has 104 valence electrons. The maximum Gasteiger partial charge on any atom is 0.0622 e. The van der Waals surface area contributed by atoms with E-state index < -0.39 is 0 Å². The zero-order valence-electron chi connectivity index (χ0n) is 11.7. The molecule has 3 atom stereocenters. The molecule has 2 aliphatic heterocycles. The maximum atomic E-state index is 5.58. The smallest absolute Gasteiger partial charge is 0.0622 e. The molecular formula is C16H24N2O. The zero-order chi connectivity index (χ0) is 13.1. The van der Waals surface area contributed by atoms with Crippen LogP contribution in [0.25, 0.3) is 0 Å². The highest BCUT2D eigenvalue weighted by atomic mass is 16.5. The lowest BCUT2D eigenvalue weighted by Crippen LogP contribution is -2.56. The van der Waals surface area contributed by atoms with E-state index in [0.717, 1.165) is 26.3 Å². The Labute approximate surface area is 115 Å².